The third kappa shape index (κ3) is 4.35. The normalized spacial score (nSPS) is 17.3. The Kier molecular flexibility index (Phi) is 5.40. The van der Waals surface area contributed by atoms with Gasteiger partial charge in [-0.2, -0.15) is 0 Å². The molecule has 1 saturated carbocycles. The van der Waals surface area contributed by atoms with Crippen molar-refractivity contribution in [2.45, 2.75) is 38.7 Å². The minimum absolute atomic E-state index is 0.133. The van der Waals surface area contributed by atoms with Gasteiger partial charge in [0.1, 0.15) is 6.61 Å². The van der Waals surface area contributed by atoms with Crippen molar-refractivity contribution in [3.05, 3.63) is 35.9 Å². The smallest absolute Gasteiger partial charge is 0.310 e. The SMILES string of the molecule is NCC(CC1CCCC1)C(=O)OCc1ccccc1. The maximum atomic E-state index is 12.0. The first-order chi connectivity index (χ1) is 9.29. The Morgan fingerprint density at radius 1 is 1.26 bits per heavy atom. The van der Waals surface area contributed by atoms with Gasteiger partial charge in [-0.25, -0.2) is 0 Å². The van der Waals surface area contributed by atoms with Crippen LogP contribution in [0.2, 0.25) is 0 Å². The van der Waals surface area contributed by atoms with E-state index < -0.39 is 0 Å². The van der Waals surface area contributed by atoms with Crippen LogP contribution in [-0.4, -0.2) is 12.5 Å². The van der Waals surface area contributed by atoms with E-state index in [2.05, 4.69) is 0 Å². The maximum Gasteiger partial charge on any atom is 0.310 e. The molecule has 1 unspecified atom stereocenters. The molecule has 1 aromatic rings. The topological polar surface area (TPSA) is 52.3 Å². The fourth-order valence-corrected chi connectivity index (χ4v) is 2.78. The molecule has 1 aromatic carbocycles. The van der Waals surface area contributed by atoms with E-state index >= 15 is 0 Å². The molecule has 1 aliphatic rings. The van der Waals surface area contributed by atoms with Gasteiger partial charge in [0.15, 0.2) is 0 Å². The van der Waals surface area contributed by atoms with E-state index in [1.807, 2.05) is 30.3 Å². The van der Waals surface area contributed by atoms with Crippen molar-refractivity contribution in [3.63, 3.8) is 0 Å². The Labute approximate surface area is 115 Å². The van der Waals surface area contributed by atoms with Crippen LogP contribution in [0.5, 0.6) is 0 Å². The summed E-state index contributed by atoms with van der Waals surface area (Å²) in [4.78, 5) is 12.0. The quantitative estimate of drug-likeness (QED) is 0.801. The molecule has 0 heterocycles. The van der Waals surface area contributed by atoms with Crippen LogP contribution >= 0.6 is 0 Å². The van der Waals surface area contributed by atoms with Crippen LogP contribution in [0.15, 0.2) is 30.3 Å². The number of rotatable bonds is 6. The summed E-state index contributed by atoms with van der Waals surface area (Å²) in [5, 5.41) is 0. The van der Waals surface area contributed by atoms with Crippen molar-refractivity contribution in [3.8, 4) is 0 Å². The molecule has 1 fully saturated rings. The van der Waals surface area contributed by atoms with Crippen LogP contribution in [0.3, 0.4) is 0 Å². The van der Waals surface area contributed by atoms with E-state index in [0.29, 0.717) is 19.1 Å². The molecule has 0 aromatic heterocycles. The number of carbonyl (C=O) groups is 1. The molecule has 1 aliphatic carbocycles. The number of carbonyl (C=O) groups excluding carboxylic acids is 1. The number of benzene rings is 1. The van der Waals surface area contributed by atoms with Gasteiger partial charge in [-0.05, 0) is 17.9 Å². The van der Waals surface area contributed by atoms with E-state index in [9.17, 15) is 4.79 Å². The van der Waals surface area contributed by atoms with E-state index in [1.165, 1.54) is 25.7 Å². The lowest BCUT2D eigenvalue weighted by Gasteiger charge is -2.17. The van der Waals surface area contributed by atoms with E-state index in [-0.39, 0.29) is 11.9 Å². The van der Waals surface area contributed by atoms with E-state index in [0.717, 1.165) is 12.0 Å². The van der Waals surface area contributed by atoms with Gasteiger partial charge in [-0.3, -0.25) is 4.79 Å². The minimum atomic E-state index is -0.141. The Morgan fingerprint density at radius 2 is 1.95 bits per heavy atom. The van der Waals surface area contributed by atoms with Crippen molar-refractivity contribution in [2.75, 3.05) is 6.54 Å². The second-order valence-corrected chi connectivity index (χ2v) is 5.41. The Hall–Kier alpha value is -1.35. The van der Waals surface area contributed by atoms with Crippen LogP contribution in [-0.2, 0) is 16.1 Å². The number of hydrogen-bond acceptors (Lipinski definition) is 3. The highest BCUT2D eigenvalue weighted by Gasteiger charge is 2.25. The summed E-state index contributed by atoms with van der Waals surface area (Å²) in [6, 6.07) is 9.77. The minimum Gasteiger partial charge on any atom is -0.461 e. The van der Waals surface area contributed by atoms with Gasteiger partial charge in [-0.15, -0.1) is 0 Å². The highest BCUT2D eigenvalue weighted by Crippen LogP contribution is 2.30. The molecule has 1 atom stereocenters. The predicted molar refractivity (Wildman–Crippen MR) is 75.4 cm³/mol. The number of esters is 1. The summed E-state index contributed by atoms with van der Waals surface area (Å²) in [6.07, 6.45) is 5.96. The van der Waals surface area contributed by atoms with Gasteiger partial charge in [0.05, 0.1) is 5.92 Å². The van der Waals surface area contributed by atoms with Crippen molar-refractivity contribution < 1.29 is 9.53 Å². The van der Waals surface area contributed by atoms with Crippen molar-refractivity contribution in [2.24, 2.45) is 17.6 Å². The third-order valence-electron chi connectivity index (χ3n) is 3.93. The summed E-state index contributed by atoms with van der Waals surface area (Å²) in [5.41, 5.74) is 6.74. The predicted octanol–water partition coefficient (Wildman–Crippen LogP) is 2.89. The van der Waals surface area contributed by atoms with Gasteiger partial charge in [0.2, 0.25) is 0 Å². The molecule has 0 amide bonds. The highest BCUT2D eigenvalue weighted by atomic mass is 16.5. The molecule has 2 N–H and O–H groups in total. The standard InChI is InChI=1S/C16H23NO2/c17-11-15(10-13-6-4-5-7-13)16(18)19-12-14-8-2-1-3-9-14/h1-3,8-9,13,15H,4-7,10-12,17H2. The number of nitrogens with two attached hydrogens (primary N) is 1. The molecule has 0 saturated heterocycles. The first-order valence-electron chi connectivity index (χ1n) is 7.20. The Morgan fingerprint density at radius 3 is 2.58 bits per heavy atom. The number of ether oxygens (including phenoxy) is 1. The molecule has 0 spiro atoms. The molecule has 104 valence electrons. The monoisotopic (exact) mass is 261 g/mol. The van der Waals surface area contributed by atoms with Crippen molar-refractivity contribution in [1.82, 2.24) is 0 Å². The molecule has 0 aliphatic heterocycles. The largest absolute Gasteiger partial charge is 0.461 e. The van der Waals surface area contributed by atoms with E-state index in [4.69, 9.17) is 10.5 Å². The summed E-state index contributed by atoms with van der Waals surface area (Å²) >= 11 is 0. The lowest BCUT2D eigenvalue weighted by atomic mass is 9.93. The Balaban J connectivity index is 1.79. The van der Waals surface area contributed by atoms with Crippen molar-refractivity contribution >= 4 is 5.97 Å². The van der Waals surface area contributed by atoms with Gasteiger partial charge in [0, 0.05) is 6.54 Å². The second kappa shape index (κ2) is 7.29. The first-order valence-corrected chi connectivity index (χ1v) is 7.20. The zero-order valence-electron chi connectivity index (χ0n) is 11.4. The molecular weight excluding hydrogens is 238 g/mol. The van der Waals surface area contributed by atoms with E-state index in [1.54, 1.807) is 0 Å². The van der Waals surface area contributed by atoms with Crippen LogP contribution in [0.25, 0.3) is 0 Å². The van der Waals surface area contributed by atoms with Gasteiger partial charge >= 0.3 is 5.97 Å². The van der Waals surface area contributed by atoms with Gasteiger partial charge < -0.3 is 10.5 Å². The Bertz CT molecular complexity index is 385. The molecule has 3 heteroatoms. The maximum absolute atomic E-state index is 12.0. The summed E-state index contributed by atoms with van der Waals surface area (Å²) in [7, 11) is 0. The molecule has 3 nitrogen and oxygen atoms in total. The average molecular weight is 261 g/mol. The fraction of sp³-hybridized carbons (Fsp3) is 0.562. The van der Waals surface area contributed by atoms with Crippen LogP contribution in [0.4, 0.5) is 0 Å². The lowest BCUT2D eigenvalue weighted by Crippen LogP contribution is -2.27. The molecule has 19 heavy (non-hydrogen) atoms. The summed E-state index contributed by atoms with van der Waals surface area (Å²) in [5.74, 6) is 0.392. The molecule has 0 bridgehead atoms. The van der Waals surface area contributed by atoms with Crippen LogP contribution in [0.1, 0.15) is 37.7 Å². The van der Waals surface area contributed by atoms with Gasteiger partial charge in [0.25, 0.3) is 0 Å². The summed E-state index contributed by atoms with van der Waals surface area (Å²) in [6.45, 7) is 0.741. The van der Waals surface area contributed by atoms with Gasteiger partial charge in [-0.1, -0.05) is 56.0 Å². The fourth-order valence-electron chi connectivity index (χ4n) is 2.78. The molecule has 2 rings (SSSR count). The zero-order valence-corrected chi connectivity index (χ0v) is 11.4. The summed E-state index contributed by atoms with van der Waals surface area (Å²) < 4.78 is 5.37. The molecular formula is C16H23NO2. The molecule has 0 radical (unpaired) electrons. The second-order valence-electron chi connectivity index (χ2n) is 5.41. The number of hydrogen-bond donors (Lipinski definition) is 1. The van der Waals surface area contributed by atoms with Crippen LogP contribution < -0.4 is 5.73 Å². The highest BCUT2D eigenvalue weighted by molar-refractivity contribution is 5.72. The van der Waals surface area contributed by atoms with Crippen LogP contribution in [0, 0.1) is 11.8 Å². The average Bonchev–Trinajstić information content (AvgIpc) is 2.96. The third-order valence-corrected chi connectivity index (χ3v) is 3.93. The zero-order chi connectivity index (χ0) is 13.5. The first kappa shape index (κ1) is 14.1. The van der Waals surface area contributed by atoms with Crippen molar-refractivity contribution in [1.29, 1.82) is 0 Å². The lowest BCUT2D eigenvalue weighted by molar-refractivity contribution is -0.150.